The number of hydrogen-bond acceptors (Lipinski definition) is 10. The van der Waals surface area contributed by atoms with E-state index < -0.39 is 51.3 Å². The van der Waals surface area contributed by atoms with E-state index in [4.69, 9.17) is 65.4 Å². The Kier molecular flexibility index (Phi) is 19.1. The van der Waals surface area contributed by atoms with Crippen molar-refractivity contribution in [1.29, 1.82) is 0 Å². The van der Waals surface area contributed by atoms with Crippen LogP contribution in [0.2, 0.25) is 0 Å². The lowest BCUT2D eigenvalue weighted by Gasteiger charge is -2.23. The number of rotatable bonds is 21. The molecule has 0 aliphatic rings. The quantitative estimate of drug-likeness (QED) is 0.0477. The Balaban J connectivity index is 2.02. The van der Waals surface area contributed by atoms with Gasteiger partial charge in [-0.1, -0.05) is 105 Å². The number of carbonyl (C=O) groups is 6. The van der Waals surface area contributed by atoms with Crippen LogP contribution in [0.5, 0.6) is 23.0 Å². The number of aryl methyl sites for hydroxylation is 1. The zero-order chi connectivity index (χ0) is 39.8. The summed E-state index contributed by atoms with van der Waals surface area (Å²) in [5.41, 5.74) is 1.24. The number of halogens is 4. The molecular formula is C37H44Cl4N2O10. The highest BCUT2D eigenvalue weighted by Crippen LogP contribution is 2.31. The third-order valence-corrected chi connectivity index (χ3v) is 9.08. The fourth-order valence-electron chi connectivity index (χ4n) is 4.75. The first-order valence-electron chi connectivity index (χ1n) is 16.7. The highest BCUT2D eigenvalue weighted by Gasteiger charge is 2.31. The Bertz CT molecular complexity index is 1650. The standard InChI is InChI=1S/C37H44Cl4N2O10/c1-7-20(3)30(42-34(46)32(38)39)36(48)52-26-15-11-22(17-28(26)50-5)9-13-24(44)19-25(45)14-10-23-12-16-27(29(18-23)51-6)53-37(49)31(21(4)8-2)43-35(47)33(40)41/h9,11-13,15-18,20-21,30-33H,7-8,10,14,19H2,1-6H3,(H,42,46)(H,43,47)/b13-9+/t20-,21-,30+,31+/m1/s1. The molecule has 0 aromatic heterocycles. The zero-order valence-electron chi connectivity index (χ0n) is 30.2. The maximum Gasteiger partial charge on any atom is 0.334 e. The van der Waals surface area contributed by atoms with Gasteiger partial charge in [0.05, 0.1) is 20.6 Å². The summed E-state index contributed by atoms with van der Waals surface area (Å²) in [6.45, 7) is 7.24. The number of benzene rings is 2. The summed E-state index contributed by atoms with van der Waals surface area (Å²) < 4.78 is 21.8. The molecule has 2 aromatic rings. The van der Waals surface area contributed by atoms with Gasteiger partial charge in [-0.3, -0.25) is 19.2 Å². The third kappa shape index (κ3) is 14.5. The Morgan fingerprint density at radius 3 is 1.62 bits per heavy atom. The Labute approximate surface area is 329 Å². The maximum absolute atomic E-state index is 13.0. The van der Waals surface area contributed by atoms with Crippen molar-refractivity contribution < 1.29 is 47.7 Å². The summed E-state index contributed by atoms with van der Waals surface area (Å²) in [6.07, 6.45) is 3.90. The summed E-state index contributed by atoms with van der Waals surface area (Å²) in [5.74, 6) is -3.56. The van der Waals surface area contributed by atoms with E-state index in [2.05, 4.69) is 10.6 Å². The van der Waals surface area contributed by atoms with Crippen molar-refractivity contribution in [3.05, 3.63) is 53.6 Å². The number of ether oxygens (including phenoxy) is 4. The van der Waals surface area contributed by atoms with Crippen LogP contribution < -0.4 is 29.6 Å². The van der Waals surface area contributed by atoms with Gasteiger partial charge in [-0.15, -0.1) is 0 Å². The van der Waals surface area contributed by atoms with E-state index in [0.29, 0.717) is 24.0 Å². The predicted octanol–water partition coefficient (Wildman–Crippen LogP) is 6.36. The van der Waals surface area contributed by atoms with Gasteiger partial charge in [0.25, 0.3) is 11.8 Å². The molecule has 2 rings (SSSR count). The Morgan fingerprint density at radius 1 is 0.698 bits per heavy atom. The molecule has 53 heavy (non-hydrogen) atoms. The summed E-state index contributed by atoms with van der Waals surface area (Å²) in [7, 11) is 2.77. The van der Waals surface area contributed by atoms with Gasteiger partial charge < -0.3 is 29.6 Å². The highest BCUT2D eigenvalue weighted by molar-refractivity contribution is 6.54. The number of Topliss-reactive ketones (excluding diaryl/α,β-unsaturated/α-hetero) is 1. The van der Waals surface area contributed by atoms with Crippen LogP contribution in [0.4, 0.5) is 0 Å². The van der Waals surface area contributed by atoms with Crippen molar-refractivity contribution in [3.8, 4) is 23.0 Å². The molecule has 0 heterocycles. The lowest BCUT2D eigenvalue weighted by Crippen LogP contribution is -2.48. The van der Waals surface area contributed by atoms with Crippen LogP contribution in [0, 0.1) is 11.8 Å². The largest absolute Gasteiger partial charge is 0.493 e. The minimum Gasteiger partial charge on any atom is -0.493 e. The number of hydrogen-bond donors (Lipinski definition) is 2. The van der Waals surface area contributed by atoms with Crippen LogP contribution in [0.3, 0.4) is 0 Å². The van der Waals surface area contributed by atoms with Crippen molar-refractivity contribution in [2.45, 2.75) is 81.6 Å². The molecule has 0 spiro atoms. The molecule has 0 radical (unpaired) electrons. The van der Waals surface area contributed by atoms with Crippen LogP contribution in [0.25, 0.3) is 6.08 Å². The normalized spacial score (nSPS) is 13.5. The number of alkyl halides is 4. The van der Waals surface area contributed by atoms with E-state index in [1.165, 1.54) is 38.5 Å². The SMILES string of the molecule is CC[C@@H](C)[C@H](NC(=O)C(Cl)Cl)C(=O)Oc1ccc(/C=C/C(=O)CC(=O)CCc2ccc(OC(=O)[C@@H](NC(=O)C(Cl)Cl)[C@H](C)CC)c(OC)c2)cc1OC. The average Bonchev–Trinajstić information content (AvgIpc) is 3.13. The second-order valence-electron chi connectivity index (χ2n) is 12.1. The van der Waals surface area contributed by atoms with E-state index in [-0.39, 0.29) is 59.9 Å². The van der Waals surface area contributed by atoms with E-state index in [1.807, 2.05) is 13.8 Å². The molecule has 2 N–H and O–H groups in total. The molecular weight excluding hydrogens is 774 g/mol. The monoisotopic (exact) mass is 816 g/mol. The summed E-state index contributed by atoms with van der Waals surface area (Å²) in [5, 5.41) is 5.00. The topological polar surface area (TPSA) is 163 Å². The molecule has 0 bridgehead atoms. The number of carbonyl (C=O) groups excluding carboxylic acids is 6. The molecule has 0 saturated heterocycles. The van der Waals surface area contributed by atoms with Crippen LogP contribution in [-0.2, 0) is 35.2 Å². The maximum atomic E-state index is 13.0. The summed E-state index contributed by atoms with van der Waals surface area (Å²) >= 11 is 22.5. The van der Waals surface area contributed by atoms with Crippen LogP contribution in [0.15, 0.2) is 42.5 Å². The first-order chi connectivity index (χ1) is 25.0. The first-order valence-corrected chi connectivity index (χ1v) is 18.5. The Morgan fingerprint density at radius 2 is 1.17 bits per heavy atom. The minimum atomic E-state index is -1.36. The van der Waals surface area contributed by atoms with Crippen LogP contribution in [0.1, 0.15) is 64.5 Å². The van der Waals surface area contributed by atoms with E-state index in [0.717, 1.165) is 0 Å². The predicted molar refractivity (Wildman–Crippen MR) is 203 cm³/mol. The molecule has 0 fully saturated rings. The molecule has 16 heteroatoms. The van der Waals surface area contributed by atoms with Gasteiger partial charge in [0.15, 0.2) is 38.5 Å². The fourth-order valence-corrected chi connectivity index (χ4v) is 5.01. The second kappa shape index (κ2) is 22.4. The van der Waals surface area contributed by atoms with Crippen molar-refractivity contribution in [3.63, 3.8) is 0 Å². The van der Waals surface area contributed by atoms with Gasteiger partial charge in [-0.05, 0) is 59.7 Å². The molecule has 0 saturated carbocycles. The third-order valence-electron chi connectivity index (χ3n) is 8.29. The van der Waals surface area contributed by atoms with Gasteiger partial charge in [0.1, 0.15) is 17.9 Å². The van der Waals surface area contributed by atoms with Crippen molar-refractivity contribution in [2.24, 2.45) is 11.8 Å². The van der Waals surface area contributed by atoms with E-state index in [1.54, 1.807) is 38.1 Å². The number of nitrogens with one attached hydrogen (secondary N) is 2. The van der Waals surface area contributed by atoms with Crippen molar-refractivity contribution >= 4 is 87.8 Å². The molecule has 290 valence electrons. The van der Waals surface area contributed by atoms with Crippen molar-refractivity contribution in [2.75, 3.05) is 14.2 Å². The zero-order valence-corrected chi connectivity index (χ0v) is 33.2. The van der Waals surface area contributed by atoms with Gasteiger partial charge in [0, 0.05) is 6.42 Å². The number of amides is 2. The second-order valence-corrected chi connectivity index (χ2v) is 14.3. The average molecular weight is 819 g/mol. The lowest BCUT2D eigenvalue weighted by molar-refractivity contribution is -0.141. The summed E-state index contributed by atoms with van der Waals surface area (Å²) in [6, 6.07) is 7.40. The molecule has 4 atom stereocenters. The number of ketones is 2. The first kappa shape index (κ1) is 45.3. The van der Waals surface area contributed by atoms with Gasteiger partial charge >= 0.3 is 11.9 Å². The smallest absolute Gasteiger partial charge is 0.334 e. The number of methoxy groups -OCH3 is 2. The van der Waals surface area contributed by atoms with Crippen LogP contribution in [-0.4, -0.2) is 71.3 Å². The minimum absolute atomic E-state index is 0.0600. The molecule has 12 nitrogen and oxygen atoms in total. The Hall–Kier alpha value is -3.84. The number of allylic oxidation sites excluding steroid dienone is 1. The lowest BCUT2D eigenvalue weighted by atomic mass is 9.99. The van der Waals surface area contributed by atoms with E-state index >= 15 is 0 Å². The highest BCUT2D eigenvalue weighted by atomic mass is 35.5. The molecule has 2 aromatic carbocycles. The molecule has 0 aliphatic heterocycles. The molecule has 0 aliphatic carbocycles. The summed E-state index contributed by atoms with van der Waals surface area (Å²) in [4.78, 5) is 72.6. The van der Waals surface area contributed by atoms with E-state index in [9.17, 15) is 28.8 Å². The van der Waals surface area contributed by atoms with Crippen molar-refractivity contribution in [1.82, 2.24) is 10.6 Å². The van der Waals surface area contributed by atoms with Crippen LogP contribution >= 0.6 is 46.4 Å². The van der Waals surface area contributed by atoms with Gasteiger partial charge in [0.2, 0.25) is 0 Å². The molecule has 2 amide bonds. The van der Waals surface area contributed by atoms with Gasteiger partial charge in [-0.25, -0.2) is 9.59 Å². The van der Waals surface area contributed by atoms with Gasteiger partial charge in [-0.2, -0.15) is 0 Å². The fraction of sp³-hybridized carbons (Fsp3) is 0.459. The number of esters is 2. The molecule has 0 unspecified atom stereocenters.